The van der Waals surface area contributed by atoms with Crippen LogP contribution in [0, 0.1) is 0 Å². The molecule has 8 nitrogen and oxygen atoms in total. The summed E-state index contributed by atoms with van der Waals surface area (Å²) in [5.74, 6) is 0.323. The zero-order valence-electron chi connectivity index (χ0n) is 13.7. The molecule has 0 saturated carbocycles. The lowest BCUT2D eigenvalue weighted by atomic mass is 10.1. The Bertz CT molecular complexity index is 790. The van der Waals surface area contributed by atoms with Gasteiger partial charge in [-0.15, -0.1) is 0 Å². The van der Waals surface area contributed by atoms with E-state index < -0.39 is 5.91 Å². The molecule has 0 aliphatic heterocycles. The molecule has 0 atom stereocenters. The smallest absolute Gasteiger partial charge is 0.316 e. The van der Waals surface area contributed by atoms with Crippen molar-refractivity contribution in [3.63, 3.8) is 0 Å². The number of methoxy groups -OCH3 is 1. The summed E-state index contributed by atoms with van der Waals surface area (Å²) in [6.45, 7) is 7.21. The van der Waals surface area contributed by atoms with E-state index >= 15 is 0 Å². The van der Waals surface area contributed by atoms with Gasteiger partial charge >= 0.3 is 6.01 Å². The highest BCUT2D eigenvalue weighted by Crippen LogP contribution is 2.22. The third-order valence-electron chi connectivity index (χ3n) is 2.92. The molecule has 0 fully saturated rings. The van der Waals surface area contributed by atoms with E-state index in [0.717, 1.165) is 0 Å². The fourth-order valence-corrected chi connectivity index (χ4v) is 1.79. The second-order valence-electron chi connectivity index (χ2n) is 4.60. The fourth-order valence-electron chi connectivity index (χ4n) is 1.79. The van der Waals surface area contributed by atoms with Gasteiger partial charge in [0.2, 0.25) is 0 Å². The second kappa shape index (κ2) is 8.92. The maximum absolute atomic E-state index is 12.0. The van der Waals surface area contributed by atoms with Crippen LogP contribution < -0.4 is 10.1 Å². The molecule has 0 radical (unpaired) electrons. The zero-order valence-corrected chi connectivity index (χ0v) is 13.7. The van der Waals surface area contributed by atoms with Gasteiger partial charge < -0.3 is 14.8 Å². The van der Waals surface area contributed by atoms with Crippen LogP contribution in [0.15, 0.2) is 61.9 Å². The predicted molar refractivity (Wildman–Crippen MR) is 92.5 cm³/mol. The number of rotatable bonds is 8. The molecule has 0 unspecified atom stereocenters. The molecule has 8 heteroatoms. The van der Waals surface area contributed by atoms with E-state index in [1.54, 1.807) is 24.3 Å². The highest BCUT2D eigenvalue weighted by molar-refractivity contribution is 5.91. The van der Waals surface area contributed by atoms with E-state index in [1.807, 2.05) is 0 Å². The molecular weight excluding hydrogens is 322 g/mol. The van der Waals surface area contributed by atoms with E-state index in [2.05, 4.69) is 38.4 Å². The Morgan fingerprint density at radius 2 is 2.04 bits per heavy atom. The van der Waals surface area contributed by atoms with Crippen LogP contribution in [0.25, 0.3) is 5.57 Å². The zero-order chi connectivity index (χ0) is 18.1. The van der Waals surface area contributed by atoms with Crippen molar-refractivity contribution in [3.05, 3.63) is 67.6 Å². The van der Waals surface area contributed by atoms with Crippen LogP contribution >= 0.6 is 0 Å². The Labute approximate surface area is 145 Å². The molecule has 0 aliphatic carbocycles. The van der Waals surface area contributed by atoms with E-state index in [1.165, 1.54) is 25.8 Å². The van der Waals surface area contributed by atoms with Gasteiger partial charge in [-0.1, -0.05) is 19.2 Å². The van der Waals surface area contributed by atoms with Crippen molar-refractivity contribution < 1.29 is 14.3 Å². The normalized spacial score (nSPS) is 10.7. The summed E-state index contributed by atoms with van der Waals surface area (Å²) in [6.07, 6.45) is 7.66. The largest absolute Gasteiger partial charge is 0.497 e. The van der Waals surface area contributed by atoms with Crippen molar-refractivity contribution in [2.24, 2.45) is 0 Å². The lowest BCUT2D eigenvalue weighted by Crippen LogP contribution is -2.21. The van der Waals surface area contributed by atoms with Crippen LogP contribution in [0.2, 0.25) is 0 Å². The molecule has 2 heterocycles. The average Bonchev–Trinajstić information content (AvgIpc) is 2.65. The van der Waals surface area contributed by atoms with Crippen molar-refractivity contribution in [3.8, 4) is 6.01 Å². The number of hydrogen-bond acceptors (Lipinski definition) is 7. The Kier molecular flexibility index (Phi) is 6.35. The summed E-state index contributed by atoms with van der Waals surface area (Å²) < 4.78 is 10.3. The number of nitrogens with one attached hydrogen (secondary N) is 1. The van der Waals surface area contributed by atoms with Gasteiger partial charge in [-0.05, 0) is 12.1 Å². The Hall–Kier alpha value is -3.55. The average molecular weight is 339 g/mol. The van der Waals surface area contributed by atoms with Gasteiger partial charge in [-0.2, -0.15) is 0 Å². The van der Waals surface area contributed by atoms with Gasteiger partial charge in [-0.25, -0.2) is 19.9 Å². The third-order valence-corrected chi connectivity index (χ3v) is 2.92. The first-order chi connectivity index (χ1) is 12.1. The monoisotopic (exact) mass is 339 g/mol. The SMILES string of the molecule is C=C/C=C(\C(=C)OC)c1cc(NC(=O)COc2ncccn2)ncn1. The first kappa shape index (κ1) is 17.8. The van der Waals surface area contributed by atoms with Crippen molar-refractivity contribution in [2.75, 3.05) is 19.0 Å². The third kappa shape index (κ3) is 5.24. The molecule has 2 rings (SSSR count). The van der Waals surface area contributed by atoms with E-state index in [0.29, 0.717) is 22.8 Å². The maximum atomic E-state index is 12.0. The molecule has 25 heavy (non-hydrogen) atoms. The molecule has 2 aromatic heterocycles. The summed E-state index contributed by atoms with van der Waals surface area (Å²) in [6, 6.07) is 3.36. The number of amides is 1. The predicted octanol–water partition coefficient (Wildman–Crippen LogP) is 2.01. The standard InChI is InChI=1S/C17H17N5O3/c1-4-6-13(12(2)24-3)14-9-15(21-11-20-14)22-16(23)10-25-17-18-7-5-8-19-17/h4-9,11H,1-2,10H2,3H3,(H,20,21,22,23)/b13-6+. The Morgan fingerprint density at radius 3 is 2.72 bits per heavy atom. The maximum Gasteiger partial charge on any atom is 0.316 e. The van der Waals surface area contributed by atoms with Crippen molar-refractivity contribution in [1.82, 2.24) is 19.9 Å². The lowest BCUT2D eigenvalue weighted by molar-refractivity contribution is -0.118. The number of carbonyl (C=O) groups excluding carboxylic acids is 1. The molecule has 0 aromatic carbocycles. The second-order valence-corrected chi connectivity index (χ2v) is 4.60. The van der Waals surface area contributed by atoms with Gasteiger partial charge in [0, 0.05) is 24.0 Å². The van der Waals surface area contributed by atoms with Crippen LogP contribution in [-0.2, 0) is 9.53 Å². The van der Waals surface area contributed by atoms with Crippen molar-refractivity contribution >= 4 is 17.3 Å². The van der Waals surface area contributed by atoms with Gasteiger partial charge in [0.25, 0.3) is 5.91 Å². The Morgan fingerprint density at radius 1 is 1.28 bits per heavy atom. The molecule has 1 N–H and O–H groups in total. The number of allylic oxidation sites excluding steroid dienone is 3. The first-order valence-corrected chi connectivity index (χ1v) is 7.22. The van der Waals surface area contributed by atoms with Crippen LogP contribution in [0.5, 0.6) is 6.01 Å². The van der Waals surface area contributed by atoms with Gasteiger partial charge in [0.15, 0.2) is 6.61 Å². The minimum absolute atomic E-state index is 0.119. The fraction of sp³-hybridized carbons (Fsp3) is 0.118. The van der Waals surface area contributed by atoms with Crippen molar-refractivity contribution in [2.45, 2.75) is 0 Å². The lowest BCUT2D eigenvalue weighted by Gasteiger charge is -2.10. The summed E-state index contributed by atoms with van der Waals surface area (Å²) in [5, 5.41) is 2.61. The quantitative estimate of drug-likeness (QED) is 0.580. The number of anilines is 1. The van der Waals surface area contributed by atoms with Gasteiger partial charge in [0.1, 0.15) is 17.9 Å². The highest BCUT2D eigenvalue weighted by Gasteiger charge is 2.11. The molecule has 0 aliphatic rings. The number of aromatic nitrogens is 4. The summed E-state index contributed by atoms with van der Waals surface area (Å²) >= 11 is 0. The van der Waals surface area contributed by atoms with Crippen LogP contribution in [0.3, 0.4) is 0 Å². The van der Waals surface area contributed by atoms with Crippen molar-refractivity contribution in [1.29, 1.82) is 0 Å². The molecule has 0 saturated heterocycles. The van der Waals surface area contributed by atoms with Gasteiger partial charge in [0.05, 0.1) is 12.8 Å². The van der Waals surface area contributed by atoms with E-state index in [4.69, 9.17) is 9.47 Å². The molecule has 128 valence electrons. The van der Waals surface area contributed by atoms with Crippen LogP contribution in [0.1, 0.15) is 5.69 Å². The minimum atomic E-state index is -0.406. The molecule has 0 spiro atoms. The van der Waals surface area contributed by atoms with E-state index in [9.17, 15) is 4.79 Å². The Balaban J connectivity index is 2.05. The highest BCUT2D eigenvalue weighted by atomic mass is 16.5. The molecular formula is C17H17N5O3. The number of carbonyl (C=O) groups is 1. The molecule has 2 aromatic rings. The topological polar surface area (TPSA) is 99.1 Å². The first-order valence-electron chi connectivity index (χ1n) is 7.22. The summed E-state index contributed by atoms with van der Waals surface area (Å²) in [7, 11) is 1.51. The summed E-state index contributed by atoms with van der Waals surface area (Å²) in [5.41, 5.74) is 1.16. The van der Waals surface area contributed by atoms with E-state index in [-0.39, 0.29) is 12.6 Å². The molecule has 1 amide bonds. The summed E-state index contributed by atoms with van der Waals surface area (Å²) in [4.78, 5) is 27.9. The number of nitrogens with zero attached hydrogens (tertiary/aromatic N) is 4. The van der Waals surface area contributed by atoms with Gasteiger partial charge in [-0.3, -0.25) is 4.79 Å². The van der Waals surface area contributed by atoms with Crippen LogP contribution in [-0.4, -0.2) is 39.6 Å². The number of hydrogen-bond donors (Lipinski definition) is 1. The number of ether oxygens (including phenoxy) is 2. The van der Waals surface area contributed by atoms with Crippen LogP contribution in [0.4, 0.5) is 5.82 Å². The minimum Gasteiger partial charge on any atom is -0.497 e. The molecule has 0 bridgehead atoms.